The van der Waals surface area contributed by atoms with E-state index in [0.717, 1.165) is 24.0 Å². The van der Waals surface area contributed by atoms with Gasteiger partial charge in [-0.3, -0.25) is 9.59 Å². The molecule has 0 aromatic heterocycles. The van der Waals surface area contributed by atoms with E-state index >= 15 is 0 Å². The maximum absolute atomic E-state index is 13.1. The van der Waals surface area contributed by atoms with Gasteiger partial charge in [0.05, 0.1) is 24.3 Å². The minimum absolute atomic E-state index is 0.0310. The maximum atomic E-state index is 13.1. The van der Waals surface area contributed by atoms with E-state index in [0.29, 0.717) is 17.3 Å². The van der Waals surface area contributed by atoms with Crippen LogP contribution in [0.15, 0.2) is 48.0 Å². The predicted molar refractivity (Wildman–Crippen MR) is 127 cm³/mol. The Morgan fingerprint density at radius 2 is 1.78 bits per heavy atom. The number of aliphatic hydroxyl groups excluding tert-OH is 1. The molecule has 5 nitrogen and oxygen atoms in total. The summed E-state index contributed by atoms with van der Waals surface area (Å²) >= 11 is 6.15. The normalized spacial score (nSPS) is 18.3. The van der Waals surface area contributed by atoms with Gasteiger partial charge in [-0.25, -0.2) is 0 Å². The SMILES string of the molecule is CCCCN1C(=O)C(=O)/C(=C(/O)c2cc(Cl)ccc2OC)C1c1ccc(C(C)(C)C)cc1. The zero-order valence-electron chi connectivity index (χ0n) is 19.2. The molecule has 2 aromatic rings. The number of amides is 1. The van der Waals surface area contributed by atoms with Gasteiger partial charge in [0.1, 0.15) is 11.5 Å². The first kappa shape index (κ1) is 23.9. The Hall–Kier alpha value is -2.79. The Morgan fingerprint density at radius 1 is 1.12 bits per heavy atom. The highest BCUT2D eigenvalue weighted by Gasteiger charge is 2.46. The zero-order chi connectivity index (χ0) is 23.6. The van der Waals surface area contributed by atoms with Crippen molar-refractivity contribution in [1.29, 1.82) is 0 Å². The number of Topliss-reactive ketones (excluding diaryl/α,β-unsaturated/α-hetero) is 1. The van der Waals surface area contributed by atoms with E-state index in [2.05, 4.69) is 20.8 Å². The summed E-state index contributed by atoms with van der Waals surface area (Å²) in [5.74, 6) is -1.23. The number of ether oxygens (including phenoxy) is 1. The Labute approximate surface area is 194 Å². The number of carbonyl (C=O) groups is 2. The minimum atomic E-state index is -0.703. The van der Waals surface area contributed by atoms with Gasteiger partial charge < -0.3 is 14.7 Å². The van der Waals surface area contributed by atoms with E-state index in [-0.39, 0.29) is 22.3 Å². The van der Waals surface area contributed by atoms with Crippen LogP contribution < -0.4 is 4.74 Å². The molecule has 3 rings (SSSR count). The second-order valence-electron chi connectivity index (χ2n) is 9.06. The van der Waals surface area contributed by atoms with Crippen LogP contribution in [-0.2, 0) is 15.0 Å². The van der Waals surface area contributed by atoms with Crippen molar-refractivity contribution in [2.24, 2.45) is 0 Å². The highest BCUT2D eigenvalue weighted by atomic mass is 35.5. The second-order valence-corrected chi connectivity index (χ2v) is 9.50. The third-order valence-electron chi connectivity index (χ3n) is 5.80. The molecule has 1 unspecified atom stereocenters. The molecule has 1 amide bonds. The first-order chi connectivity index (χ1) is 15.1. The van der Waals surface area contributed by atoms with E-state index < -0.39 is 17.7 Å². The Balaban J connectivity index is 2.20. The molecule has 0 aliphatic carbocycles. The van der Waals surface area contributed by atoms with Gasteiger partial charge in [0.2, 0.25) is 0 Å². The van der Waals surface area contributed by atoms with E-state index in [4.69, 9.17) is 16.3 Å². The van der Waals surface area contributed by atoms with Crippen LogP contribution in [0.4, 0.5) is 0 Å². The number of hydrogen-bond acceptors (Lipinski definition) is 4. The highest BCUT2D eigenvalue weighted by molar-refractivity contribution is 6.46. The van der Waals surface area contributed by atoms with Crippen LogP contribution in [0, 0.1) is 0 Å². The lowest BCUT2D eigenvalue weighted by Crippen LogP contribution is -2.30. The third kappa shape index (κ3) is 4.53. The summed E-state index contributed by atoms with van der Waals surface area (Å²) in [6.45, 7) is 8.83. The molecular formula is C26H30ClNO4. The van der Waals surface area contributed by atoms with Crippen molar-refractivity contribution >= 4 is 29.1 Å². The van der Waals surface area contributed by atoms with Crippen molar-refractivity contribution in [2.45, 2.75) is 52.0 Å². The number of unbranched alkanes of at least 4 members (excludes halogenated alkanes) is 1. The fourth-order valence-corrected chi connectivity index (χ4v) is 4.13. The van der Waals surface area contributed by atoms with Gasteiger partial charge >= 0.3 is 0 Å². The third-order valence-corrected chi connectivity index (χ3v) is 6.04. The van der Waals surface area contributed by atoms with E-state index in [1.54, 1.807) is 17.0 Å². The summed E-state index contributed by atoms with van der Waals surface area (Å²) in [5.41, 5.74) is 2.22. The van der Waals surface area contributed by atoms with Gasteiger partial charge in [-0.05, 0) is 41.2 Å². The lowest BCUT2D eigenvalue weighted by atomic mass is 9.85. The van der Waals surface area contributed by atoms with E-state index in [1.807, 2.05) is 31.2 Å². The summed E-state index contributed by atoms with van der Waals surface area (Å²) in [6, 6.07) is 12.0. The summed E-state index contributed by atoms with van der Waals surface area (Å²) in [6.07, 6.45) is 1.63. The van der Waals surface area contributed by atoms with Crippen molar-refractivity contribution in [3.63, 3.8) is 0 Å². The molecule has 6 heteroatoms. The molecule has 32 heavy (non-hydrogen) atoms. The largest absolute Gasteiger partial charge is 0.507 e. The standard InChI is InChI=1S/C26H30ClNO4/c1-6-7-14-28-22(16-8-10-17(11-9-16)26(2,3)4)21(24(30)25(28)31)23(29)19-15-18(27)12-13-20(19)32-5/h8-13,15,22,29H,6-7,14H2,1-5H3/b23-21+. The number of ketones is 1. The molecule has 1 atom stereocenters. The number of rotatable bonds is 6. The molecule has 0 bridgehead atoms. The molecule has 1 fully saturated rings. The highest BCUT2D eigenvalue weighted by Crippen LogP contribution is 2.42. The van der Waals surface area contributed by atoms with Crippen LogP contribution in [0.3, 0.4) is 0 Å². The van der Waals surface area contributed by atoms with Gasteiger partial charge in [0, 0.05) is 11.6 Å². The summed E-state index contributed by atoms with van der Waals surface area (Å²) in [5, 5.41) is 11.6. The molecule has 170 valence electrons. The molecule has 1 aliphatic heterocycles. The second kappa shape index (κ2) is 9.37. The first-order valence-corrected chi connectivity index (χ1v) is 11.2. The first-order valence-electron chi connectivity index (χ1n) is 10.8. The number of nitrogens with zero attached hydrogens (tertiary/aromatic N) is 1. The topological polar surface area (TPSA) is 66.8 Å². The molecular weight excluding hydrogens is 426 g/mol. The number of carbonyl (C=O) groups excluding carboxylic acids is 2. The van der Waals surface area contributed by atoms with Crippen molar-refractivity contribution in [1.82, 2.24) is 4.90 Å². The van der Waals surface area contributed by atoms with Crippen LogP contribution >= 0.6 is 11.6 Å². The van der Waals surface area contributed by atoms with E-state index in [1.165, 1.54) is 13.2 Å². The molecule has 0 spiro atoms. The van der Waals surface area contributed by atoms with Gasteiger partial charge in [0.15, 0.2) is 0 Å². The number of methoxy groups -OCH3 is 1. The molecule has 1 N–H and O–H groups in total. The average molecular weight is 456 g/mol. The van der Waals surface area contributed by atoms with Crippen molar-refractivity contribution in [3.8, 4) is 5.75 Å². The number of hydrogen-bond donors (Lipinski definition) is 1. The molecule has 0 saturated carbocycles. The van der Waals surface area contributed by atoms with Crippen LogP contribution in [0.1, 0.15) is 63.3 Å². The van der Waals surface area contributed by atoms with Crippen molar-refractivity contribution in [2.75, 3.05) is 13.7 Å². The Bertz CT molecular complexity index is 1050. The Morgan fingerprint density at radius 3 is 2.34 bits per heavy atom. The van der Waals surface area contributed by atoms with Crippen LogP contribution in [0.25, 0.3) is 5.76 Å². The maximum Gasteiger partial charge on any atom is 0.295 e. The summed E-state index contributed by atoms with van der Waals surface area (Å²) < 4.78 is 5.37. The number of aliphatic hydroxyl groups is 1. The molecule has 1 aliphatic rings. The van der Waals surface area contributed by atoms with Crippen molar-refractivity contribution < 1.29 is 19.4 Å². The fourth-order valence-electron chi connectivity index (χ4n) is 3.96. The Kier molecular flexibility index (Phi) is 6.99. The van der Waals surface area contributed by atoms with Crippen LogP contribution in [0.5, 0.6) is 5.75 Å². The number of likely N-dealkylation sites (tertiary alicyclic amines) is 1. The van der Waals surface area contributed by atoms with Gasteiger partial charge in [-0.2, -0.15) is 0 Å². The van der Waals surface area contributed by atoms with Crippen LogP contribution in [0.2, 0.25) is 5.02 Å². The number of benzene rings is 2. The zero-order valence-corrected chi connectivity index (χ0v) is 20.0. The minimum Gasteiger partial charge on any atom is -0.507 e. The monoisotopic (exact) mass is 455 g/mol. The van der Waals surface area contributed by atoms with Gasteiger partial charge in [-0.1, -0.05) is 70.0 Å². The number of halogens is 1. The lowest BCUT2D eigenvalue weighted by molar-refractivity contribution is -0.139. The quantitative estimate of drug-likeness (QED) is 0.336. The summed E-state index contributed by atoms with van der Waals surface area (Å²) in [7, 11) is 1.47. The molecule has 1 saturated heterocycles. The average Bonchev–Trinajstić information content (AvgIpc) is 3.01. The smallest absolute Gasteiger partial charge is 0.295 e. The van der Waals surface area contributed by atoms with Crippen molar-refractivity contribution in [3.05, 3.63) is 69.8 Å². The van der Waals surface area contributed by atoms with Gasteiger partial charge in [-0.15, -0.1) is 0 Å². The predicted octanol–water partition coefficient (Wildman–Crippen LogP) is 5.87. The van der Waals surface area contributed by atoms with E-state index in [9.17, 15) is 14.7 Å². The summed E-state index contributed by atoms with van der Waals surface area (Å²) in [4.78, 5) is 27.6. The molecule has 2 aromatic carbocycles. The van der Waals surface area contributed by atoms with Crippen LogP contribution in [-0.4, -0.2) is 35.4 Å². The fraction of sp³-hybridized carbons (Fsp3) is 0.385. The van der Waals surface area contributed by atoms with Gasteiger partial charge in [0.25, 0.3) is 11.7 Å². The lowest BCUT2D eigenvalue weighted by Gasteiger charge is -2.26. The molecule has 0 radical (unpaired) electrons. The molecule has 1 heterocycles.